The SMILES string of the molecule is CCNCc1ccnc(OC2CCC2)c1. The van der Waals surface area contributed by atoms with Gasteiger partial charge in [-0.15, -0.1) is 0 Å². The van der Waals surface area contributed by atoms with Crippen LogP contribution in [0.2, 0.25) is 0 Å². The zero-order valence-electron chi connectivity index (χ0n) is 9.20. The highest BCUT2D eigenvalue weighted by Crippen LogP contribution is 2.24. The Morgan fingerprint density at radius 2 is 2.40 bits per heavy atom. The zero-order chi connectivity index (χ0) is 10.5. The second kappa shape index (κ2) is 5.12. The molecule has 3 nitrogen and oxygen atoms in total. The van der Waals surface area contributed by atoms with Crippen molar-refractivity contribution in [3.63, 3.8) is 0 Å². The summed E-state index contributed by atoms with van der Waals surface area (Å²) in [5.74, 6) is 0.773. The van der Waals surface area contributed by atoms with E-state index in [4.69, 9.17) is 4.74 Å². The molecule has 0 aromatic carbocycles. The zero-order valence-corrected chi connectivity index (χ0v) is 9.20. The van der Waals surface area contributed by atoms with Gasteiger partial charge >= 0.3 is 0 Å². The van der Waals surface area contributed by atoms with Gasteiger partial charge in [-0.05, 0) is 37.4 Å². The molecule has 15 heavy (non-hydrogen) atoms. The summed E-state index contributed by atoms with van der Waals surface area (Å²) < 4.78 is 5.73. The third kappa shape index (κ3) is 2.93. The molecule has 82 valence electrons. The number of nitrogens with one attached hydrogen (secondary N) is 1. The van der Waals surface area contributed by atoms with Crippen molar-refractivity contribution in [2.24, 2.45) is 0 Å². The Morgan fingerprint density at radius 1 is 1.53 bits per heavy atom. The molecule has 0 spiro atoms. The molecule has 2 rings (SSSR count). The van der Waals surface area contributed by atoms with Crippen LogP contribution >= 0.6 is 0 Å². The first-order valence-electron chi connectivity index (χ1n) is 5.71. The molecule has 0 unspecified atom stereocenters. The van der Waals surface area contributed by atoms with E-state index in [1.54, 1.807) is 0 Å². The number of aromatic nitrogens is 1. The highest BCUT2D eigenvalue weighted by atomic mass is 16.5. The molecular weight excluding hydrogens is 188 g/mol. The van der Waals surface area contributed by atoms with E-state index in [-0.39, 0.29) is 0 Å². The molecule has 1 N–H and O–H groups in total. The number of pyridine rings is 1. The van der Waals surface area contributed by atoms with Gasteiger partial charge in [-0.2, -0.15) is 0 Å². The van der Waals surface area contributed by atoms with Crippen molar-refractivity contribution < 1.29 is 4.74 Å². The van der Waals surface area contributed by atoms with Gasteiger partial charge in [0.15, 0.2) is 0 Å². The minimum Gasteiger partial charge on any atom is -0.474 e. The summed E-state index contributed by atoms with van der Waals surface area (Å²) >= 11 is 0. The molecule has 1 saturated carbocycles. The normalized spacial score (nSPS) is 16.1. The van der Waals surface area contributed by atoms with E-state index in [1.807, 2.05) is 18.3 Å². The Hall–Kier alpha value is -1.09. The molecule has 1 heterocycles. The van der Waals surface area contributed by atoms with E-state index < -0.39 is 0 Å². The molecule has 1 aliphatic rings. The van der Waals surface area contributed by atoms with Crippen LogP contribution in [0.3, 0.4) is 0 Å². The quantitative estimate of drug-likeness (QED) is 0.801. The van der Waals surface area contributed by atoms with Gasteiger partial charge in [0.2, 0.25) is 5.88 Å². The Bertz CT molecular complexity index is 310. The molecular formula is C12H18N2O. The van der Waals surface area contributed by atoms with Crippen molar-refractivity contribution in [1.82, 2.24) is 10.3 Å². The number of rotatable bonds is 5. The van der Waals surface area contributed by atoms with Crippen LogP contribution in [0.4, 0.5) is 0 Å². The molecule has 0 atom stereocenters. The van der Waals surface area contributed by atoms with E-state index in [1.165, 1.54) is 24.8 Å². The first kappa shape index (κ1) is 10.4. The average molecular weight is 206 g/mol. The predicted octanol–water partition coefficient (Wildman–Crippen LogP) is 2.12. The molecule has 1 fully saturated rings. The van der Waals surface area contributed by atoms with E-state index in [9.17, 15) is 0 Å². The molecule has 0 amide bonds. The number of ether oxygens (including phenoxy) is 1. The van der Waals surface area contributed by atoms with Gasteiger partial charge < -0.3 is 10.1 Å². The summed E-state index contributed by atoms with van der Waals surface area (Å²) in [6.07, 6.45) is 5.88. The highest BCUT2D eigenvalue weighted by Gasteiger charge is 2.19. The summed E-state index contributed by atoms with van der Waals surface area (Å²) in [5.41, 5.74) is 1.24. The third-order valence-electron chi connectivity index (χ3n) is 2.72. The van der Waals surface area contributed by atoms with Crippen LogP contribution in [0.5, 0.6) is 5.88 Å². The number of hydrogen-bond donors (Lipinski definition) is 1. The van der Waals surface area contributed by atoms with Crippen molar-refractivity contribution in [1.29, 1.82) is 0 Å². The molecule has 0 saturated heterocycles. The number of nitrogens with zero attached hydrogens (tertiary/aromatic N) is 1. The second-order valence-corrected chi connectivity index (χ2v) is 3.95. The summed E-state index contributed by atoms with van der Waals surface area (Å²) in [4.78, 5) is 4.22. The van der Waals surface area contributed by atoms with Gasteiger partial charge in [0.05, 0.1) is 0 Å². The van der Waals surface area contributed by atoms with Crippen molar-refractivity contribution in [2.45, 2.75) is 38.8 Å². The van der Waals surface area contributed by atoms with Crippen molar-refractivity contribution in [3.05, 3.63) is 23.9 Å². The molecule has 0 aliphatic heterocycles. The smallest absolute Gasteiger partial charge is 0.213 e. The number of hydrogen-bond acceptors (Lipinski definition) is 3. The summed E-state index contributed by atoms with van der Waals surface area (Å²) in [7, 11) is 0. The molecule has 0 bridgehead atoms. The molecule has 3 heteroatoms. The maximum atomic E-state index is 5.73. The first-order chi connectivity index (χ1) is 7.38. The minimum atomic E-state index is 0.409. The Balaban J connectivity index is 1.92. The summed E-state index contributed by atoms with van der Waals surface area (Å²) in [5, 5.41) is 3.29. The predicted molar refractivity (Wildman–Crippen MR) is 59.9 cm³/mol. The fourth-order valence-electron chi connectivity index (χ4n) is 1.55. The van der Waals surface area contributed by atoms with Gasteiger partial charge in [-0.3, -0.25) is 0 Å². The van der Waals surface area contributed by atoms with Crippen LogP contribution in [-0.2, 0) is 6.54 Å². The van der Waals surface area contributed by atoms with Crippen molar-refractivity contribution in [2.75, 3.05) is 6.54 Å². The Kier molecular flexibility index (Phi) is 3.56. The third-order valence-corrected chi connectivity index (χ3v) is 2.72. The largest absolute Gasteiger partial charge is 0.474 e. The van der Waals surface area contributed by atoms with Gasteiger partial charge in [-0.25, -0.2) is 4.98 Å². The fraction of sp³-hybridized carbons (Fsp3) is 0.583. The Labute approximate surface area is 90.9 Å². The fourth-order valence-corrected chi connectivity index (χ4v) is 1.55. The van der Waals surface area contributed by atoms with E-state index >= 15 is 0 Å². The van der Waals surface area contributed by atoms with Gasteiger partial charge in [0.25, 0.3) is 0 Å². The van der Waals surface area contributed by atoms with Crippen LogP contribution in [0.15, 0.2) is 18.3 Å². The standard InChI is InChI=1S/C12H18N2O/c1-2-13-9-10-6-7-14-12(8-10)15-11-4-3-5-11/h6-8,11,13H,2-5,9H2,1H3. The van der Waals surface area contributed by atoms with Gasteiger partial charge in [-0.1, -0.05) is 6.92 Å². The maximum Gasteiger partial charge on any atom is 0.213 e. The van der Waals surface area contributed by atoms with Gasteiger partial charge in [0.1, 0.15) is 6.10 Å². The van der Waals surface area contributed by atoms with E-state index in [0.29, 0.717) is 6.10 Å². The molecule has 1 aromatic rings. The van der Waals surface area contributed by atoms with Crippen molar-refractivity contribution in [3.8, 4) is 5.88 Å². The summed E-state index contributed by atoms with van der Waals surface area (Å²) in [6.45, 7) is 3.98. The monoisotopic (exact) mass is 206 g/mol. The van der Waals surface area contributed by atoms with E-state index in [0.717, 1.165) is 19.0 Å². The van der Waals surface area contributed by atoms with Crippen LogP contribution in [0, 0.1) is 0 Å². The van der Waals surface area contributed by atoms with Crippen LogP contribution < -0.4 is 10.1 Å². The van der Waals surface area contributed by atoms with Crippen LogP contribution in [0.25, 0.3) is 0 Å². The lowest BCUT2D eigenvalue weighted by molar-refractivity contribution is 0.114. The van der Waals surface area contributed by atoms with Crippen molar-refractivity contribution >= 4 is 0 Å². The molecule has 0 radical (unpaired) electrons. The first-order valence-corrected chi connectivity index (χ1v) is 5.71. The maximum absolute atomic E-state index is 5.73. The van der Waals surface area contributed by atoms with Crippen LogP contribution in [-0.4, -0.2) is 17.6 Å². The lowest BCUT2D eigenvalue weighted by Gasteiger charge is -2.25. The van der Waals surface area contributed by atoms with E-state index in [2.05, 4.69) is 17.2 Å². The van der Waals surface area contributed by atoms with Crippen LogP contribution in [0.1, 0.15) is 31.7 Å². The van der Waals surface area contributed by atoms with Gasteiger partial charge in [0, 0.05) is 18.8 Å². The topological polar surface area (TPSA) is 34.2 Å². The Morgan fingerprint density at radius 3 is 3.07 bits per heavy atom. The lowest BCUT2D eigenvalue weighted by atomic mass is 9.96. The summed E-state index contributed by atoms with van der Waals surface area (Å²) in [6, 6.07) is 4.05. The minimum absolute atomic E-state index is 0.409. The highest BCUT2D eigenvalue weighted by molar-refractivity contribution is 5.20. The molecule has 1 aromatic heterocycles. The molecule has 1 aliphatic carbocycles. The lowest BCUT2D eigenvalue weighted by Crippen LogP contribution is -2.25. The average Bonchev–Trinajstić information content (AvgIpc) is 2.21. The second-order valence-electron chi connectivity index (χ2n) is 3.95.